The maximum atomic E-state index is 10.9. The van der Waals surface area contributed by atoms with Gasteiger partial charge >= 0.3 is 0 Å². The molecule has 0 bridgehead atoms. The minimum absolute atomic E-state index is 0.189. The molecule has 3 aromatic carbocycles. The molecular formula is C21H16N2O2. The average molecular weight is 328 g/mol. The predicted octanol–water partition coefficient (Wildman–Crippen LogP) is 2.78. The lowest BCUT2D eigenvalue weighted by Gasteiger charge is -2.11. The molecule has 4 nitrogen and oxygen atoms in total. The second kappa shape index (κ2) is 6.24. The summed E-state index contributed by atoms with van der Waals surface area (Å²) in [6.07, 6.45) is 0. The summed E-state index contributed by atoms with van der Waals surface area (Å²) in [5, 5.41) is 16.6. The van der Waals surface area contributed by atoms with Gasteiger partial charge in [-0.1, -0.05) is 48.5 Å². The Morgan fingerprint density at radius 2 is 1.40 bits per heavy atom. The zero-order chi connectivity index (χ0) is 17.2. The monoisotopic (exact) mass is 328 g/mol. The maximum Gasteiger partial charge on any atom is 0.213 e. The Labute approximate surface area is 144 Å². The number of carbonyl (C=O) groups excluding carboxylic acids is 1. The van der Waals surface area contributed by atoms with Gasteiger partial charge in [0.2, 0.25) is 11.0 Å². The molecule has 1 aromatic heterocycles. The lowest BCUT2D eigenvalue weighted by atomic mass is 10.1. The molecule has 25 heavy (non-hydrogen) atoms. The van der Waals surface area contributed by atoms with Crippen molar-refractivity contribution in [2.75, 3.05) is 5.32 Å². The van der Waals surface area contributed by atoms with Crippen LogP contribution < -0.4 is 15.4 Å². The molecule has 0 radical (unpaired) electrons. The number of carbonyl (C=O) groups is 1. The van der Waals surface area contributed by atoms with Crippen LogP contribution in [0, 0.1) is 0 Å². The molecule has 0 aliphatic carbocycles. The van der Waals surface area contributed by atoms with Gasteiger partial charge in [-0.3, -0.25) is 0 Å². The number of H-pyrrole nitrogens is 1. The van der Waals surface area contributed by atoms with Gasteiger partial charge in [0, 0.05) is 18.7 Å². The second-order valence-electron chi connectivity index (χ2n) is 5.93. The molecule has 0 amide bonds. The Kier molecular flexibility index (Phi) is 3.78. The van der Waals surface area contributed by atoms with Crippen LogP contribution in [-0.2, 0) is 6.54 Å². The van der Waals surface area contributed by atoms with E-state index in [2.05, 4.69) is 34.6 Å². The first-order valence-electron chi connectivity index (χ1n) is 8.09. The number of anilines is 1. The highest BCUT2D eigenvalue weighted by Crippen LogP contribution is 2.28. The van der Waals surface area contributed by atoms with Gasteiger partial charge in [0.25, 0.3) is 0 Å². The van der Waals surface area contributed by atoms with Gasteiger partial charge in [0.05, 0.1) is 22.4 Å². The molecule has 2 N–H and O–H groups in total. The van der Waals surface area contributed by atoms with Crippen LogP contribution in [0.1, 0.15) is 15.9 Å². The summed E-state index contributed by atoms with van der Waals surface area (Å²) < 4.78 is 0. The third-order valence-corrected chi connectivity index (χ3v) is 4.32. The summed E-state index contributed by atoms with van der Waals surface area (Å²) >= 11 is 0. The summed E-state index contributed by atoms with van der Waals surface area (Å²) in [4.78, 5) is 14.3. The molecule has 122 valence electrons. The van der Waals surface area contributed by atoms with E-state index in [0.717, 1.165) is 33.1 Å². The Morgan fingerprint density at radius 3 is 1.96 bits per heavy atom. The number of para-hydroxylation sites is 2. The largest absolute Gasteiger partial charge is 0.545 e. The van der Waals surface area contributed by atoms with Crippen LogP contribution in [0.2, 0.25) is 0 Å². The van der Waals surface area contributed by atoms with E-state index in [1.807, 2.05) is 24.3 Å². The molecule has 0 unspecified atom stereocenters. The van der Waals surface area contributed by atoms with E-state index in [-0.39, 0.29) is 5.56 Å². The highest BCUT2D eigenvalue weighted by Gasteiger charge is 2.12. The topological polar surface area (TPSA) is 66.3 Å². The molecular weight excluding hydrogens is 312 g/mol. The van der Waals surface area contributed by atoms with E-state index >= 15 is 0 Å². The number of pyridine rings is 1. The summed E-state index contributed by atoms with van der Waals surface area (Å²) in [5.41, 5.74) is 4.39. The number of carboxylic acid groups (broad SMARTS) is 1. The highest BCUT2D eigenvalue weighted by molar-refractivity contribution is 6.04. The van der Waals surface area contributed by atoms with Crippen molar-refractivity contribution in [1.29, 1.82) is 0 Å². The molecule has 4 rings (SSSR count). The van der Waals surface area contributed by atoms with Crippen molar-refractivity contribution in [3.8, 4) is 0 Å². The summed E-state index contributed by atoms with van der Waals surface area (Å²) in [7, 11) is 0. The Morgan fingerprint density at radius 1 is 0.840 bits per heavy atom. The number of aromatic carboxylic acids is 1. The summed E-state index contributed by atoms with van der Waals surface area (Å²) in [6, 6.07) is 23.1. The second-order valence-corrected chi connectivity index (χ2v) is 5.93. The van der Waals surface area contributed by atoms with Crippen molar-refractivity contribution in [2.45, 2.75) is 6.54 Å². The van der Waals surface area contributed by atoms with E-state index in [1.165, 1.54) is 0 Å². The van der Waals surface area contributed by atoms with Gasteiger partial charge in [0.1, 0.15) is 0 Å². The van der Waals surface area contributed by atoms with Crippen molar-refractivity contribution in [1.82, 2.24) is 0 Å². The van der Waals surface area contributed by atoms with Crippen molar-refractivity contribution in [2.24, 2.45) is 0 Å². The van der Waals surface area contributed by atoms with Crippen LogP contribution >= 0.6 is 0 Å². The molecule has 0 saturated carbocycles. The van der Waals surface area contributed by atoms with Crippen molar-refractivity contribution in [3.63, 3.8) is 0 Å². The van der Waals surface area contributed by atoms with Crippen molar-refractivity contribution in [3.05, 3.63) is 83.9 Å². The van der Waals surface area contributed by atoms with Gasteiger partial charge in [-0.2, -0.15) is 0 Å². The number of nitrogens with one attached hydrogen (secondary N) is 2. The van der Waals surface area contributed by atoms with Gasteiger partial charge in [-0.05, 0) is 23.3 Å². The van der Waals surface area contributed by atoms with Crippen LogP contribution in [0.3, 0.4) is 0 Å². The normalized spacial score (nSPS) is 10.9. The molecule has 4 heteroatoms. The molecule has 0 aliphatic heterocycles. The maximum absolute atomic E-state index is 10.9. The number of benzene rings is 3. The van der Waals surface area contributed by atoms with E-state index < -0.39 is 5.97 Å². The number of carboxylic acids is 1. The first-order valence-corrected chi connectivity index (χ1v) is 8.09. The van der Waals surface area contributed by atoms with E-state index in [1.54, 1.807) is 24.3 Å². The minimum atomic E-state index is -1.16. The first kappa shape index (κ1) is 15.1. The summed E-state index contributed by atoms with van der Waals surface area (Å²) in [6.45, 7) is 0.603. The highest BCUT2D eigenvalue weighted by atomic mass is 16.4. The number of aromatic nitrogens is 1. The van der Waals surface area contributed by atoms with Crippen LogP contribution in [-0.4, -0.2) is 5.97 Å². The van der Waals surface area contributed by atoms with Crippen LogP contribution in [0.15, 0.2) is 72.8 Å². The minimum Gasteiger partial charge on any atom is -0.545 e. The molecule has 0 spiro atoms. The quantitative estimate of drug-likeness (QED) is 0.586. The molecule has 0 saturated heterocycles. The number of rotatable bonds is 4. The Hall–Kier alpha value is -3.40. The van der Waals surface area contributed by atoms with E-state index in [9.17, 15) is 9.90 Å². The number of aromatic amines is 1. The third-order valence-electron chi connectivity index (χ3n) is 4.32. The fraction of sp³-hybridized carbons (Fsp3) is 0.0476. The van der Waals surface area contributed by atoms with Crippen LogP contribution in [0.25, 0.3) is 21.8 Å². The van der Waals surface area contributed by atoms with Gasteiger partial charge in [0.15, 0.2) is 0 Å². The zero-order valence-corrected chi connectivity index (χ0v) is 13.5. The van der Waals surface area contributed by atoms with Crippen LogP contribution in [0.5, 0.6) is 0 Å². The number of hydrogen-bond acceptors (Lipinski definition) is 3. The van der Waals surface area contributed by atoms with Gasteiger partial charge in [-0.25, -0.2) is 4.98 Å². The molecule has 0 atom stereocenters. The SMILES string of the molecule is O=C([O-])c1ccc(CNc2c3ccccc3[nH+]c3ccccc23)cc1. The number of fused-ring (bicyclic) bond motifs is 2. The lowest BCUT2D eigenvalue weighted by molar-refractivity contribution is -0.310. The van der Waals surface area contributed by atoms with Crippen molar-refractivity contribution >= 4 is 33.5 Å². The Balaban J connectivity index is 1.73. The van der Waals surface area contributed by atoms with E-state index in [0.29, 0.717) is 6.54 Å². The average Bonchev–Trinajstić information content (AvgIpc) is 2.65. The molecule has 4 aromatic rings. The predicted molar refractivity (Wildman–Crippen MR) is 96.1 cm³/mol. The third kappa shape index (κ3) is 2.90. The summed E-state index contributed by atoms with van der Waals surface area (Å²) in [5.74, 6) is -1.16. The Bertz CT molecular complexity index is 1020. The van der Waals surface area contributed by atoms with E-state index in [4.69, 9.17) is 0 Å². The van der Waals surface area contributed by atoms with Crippen molar-refractivity contribution < 1.29 is 14.9 Å². The fourth-order valence-corrected chi connectivity index (χ4v) is 3.05. The smallest absolute Gasteiger partial charge is 0.213 e. The standard InChI is InChI=1S/C21H16N2O2/c24-21(25)15-11-9-14(10-12-15)13-22-20-16-5-1-3-7-18(16)23-19-8-4-2-6-17(19)20/h1-12H,13H2,(H,22,23)(H,24,25). The first-order chi connectivity index (χ1) is 12.2. The molecule has 0 aliphatic rings. The van der Waals surface area contributed by atoms with Gasteiger partial charge in [-0.15, -0.1) is 0 Å². The zero-order valence-electron chi connectivity index (χ0n) is 13.5. The fourth-order valence-electron chi connectivity index (χ4n) is 3.05. The molecule has 0 fully saturated rings. The van der Waals surface area contributed by atoms with Crippen LogP contribution in [0.4, 0.5) is 5.69 Å². The number of hydrogen-bond donors (Lipinski definition) is 1. The lowest BCUT2D eigenvalue weighted by Crippen LogP contribution is -2.22. The molecule has 1 heterocycles. The van der Waals surface area contributed by atoms with Gasteiger partial charge < -0.3 is 15.2 Å².